The molecule has 0 aromatic heterocycles. The third-order valence-electron chi connectivity index (χ3n) is 5.12. The summed E-state index contributed by atoms with van der Waals surface area (Å²) in [4.78, 5) is 12.3. The second kappa shape index (κ2) is 6.89. The zero-order valence-electron chi connectivity index (χ0n) is 12.3. The van der Waals surface area contributed by atoms with Crippen molar-refractivity contribution in [2.45, 2.75) is 68.7 Å². The lowest BCUT2D eigenvalue weighted by Crippen LogP contribution is -2.46. The lowest BCUT2D eigenvalue weighted by molar-refractivity contribution is -0.123. The first-order chi connectivity index (χ1) is 9.16. The molecular formula is C15H27ClN2OS. The minimum Gasteiger partial charge on any atom is -0.353 e. The highest BCUT2D eigenvalue weighted by molar-refractivity contribution is 8.00. The highest BCUT2D eigenvalue weighted by Gasteiger charge is 2.39. The van der Waals surface area contributed by atoms with E-state index in [4.69, 9.17) is 0 Å². The van der Waals surface area contributed by atoms with Gasteiger partial charge in [0.2, 0.25) is 5.91 Å². The molecule has 20 heavy (non-hydrogen) atoms. The van der Waals surface area contributed by atoms with Crippen LogP contribution in [0.2, 0.25) is 0 Å². The predicted octanol–water partition coefficient (Wildman–Crippen LogP) is 2.73. The van der Waals surface area contributed by atoms with Gasteiger partial charge in [-0.05, 0) is 50.7 Å². The van der Waals surface area contributed by atoms with E-state index in [-0.39, 0.29) is 29.1 Å². The molecule has 4 unspecified atom stereocenters. The van der Waals surface area contributed by atoms with Gasteiger partial charge in [-0.15, -0.1) is 12.4 Å². The van der Waals surface area contributed by atoms with Crippen LogP contribution in [0.4, 0.5) is 0 Å². The Kier molecular flexibility index (Phi) is 5.66. The summed E-state index contributed by atoms with van der Waals surface area (Å²) in [5.74, 6) is 2.24. The van der Waals surface area contributed by atoms with E-state index in [0.717, 1.165) is 18.9 Å². The fourth-order valence-corrected chi connectivity index (χ4v) is 5.14. The molecule has 2 N–H and O–H groups in total. The Labute approximate surface area is 132 Å². The van der Waals surface area contributed by atoms with Gasteiger partial charge >= 0.3 is 0 Å². The van der Waals surface area contributed by atoms with Crippen LogP contribution in [0.3, 0.4) is 0 Å². The molecule has 3 rings (SSSR count). The van der Waals surface area contributed by atoms with Crippen molar-refractivity contribution in [3.05, 3.63) is 0 Å². The largest absolute Gasteiger partial charge is 0.353 e. The van der Waals surface area contributed by atoms with E-state index in [1.165, 1.54) is 44.3 Å². The minimum atomic E-state index is 0. The van der Waals surface area contributed by atoms with Crippen molar-refractivity contribution in [2.75, 3.05) is 12.3 Å². The molecule has 2 aliphatic heterocycles. The number of rotatable bonds is 3. The molecule has 3 fully saturated rings. The molecular weight excluding hydrogens is 292 g/mol. The van der Waals surface area contributed by atoms with Gasteiger partial charge in [-0.25, -0.2) is 0 Å². The average molecular weight is 319 g/mol. The summed E-state index contributed by atoms with van der Waals surface area (Å²) in [6.45, 7) is 3.12. The molecule has 0 aromatic rings. The molecule has 3 nitrogen and oxygen atoms in total. The van der Waals surface area contributed by atoms with Crippen molar-refractivity contribution >= 4 is 30.1 Å². The number of fused-ring (bicyclic) bond motifs is 1. The first-order valence-corrected chi connectivity index (χ1v) is 8.83. The highest BCUT2D eigenvalue weighted by Crippen LogP contribution is 2.37. The molecule has 0 spiro atoms. The molecule has 2 heterocycles. The zero-order valence-corrected chi connectivity index (χ0v) is 14.0. The third-order valence-corrected chi connectivity index (χ3v) is 6.65. The second-order valence-corrected chi connectivity index (χ2v) is 8.41. The van der Waals surface area contributed by atoms with Gasteiger partial charge in [-0.2, -0.15) is 11.8 Å². The fourth-order valence-electron chi connectivity index (χ4n) is 3.89. The summed E-state index contributed by atoms with van der Waals surface area (Å²) in [7, 11) is 0. The number of carbonyl (C=O) groups excluding carboxylic acids is 1. The minimum absolute atomic E-state index is 0. The summed E-state index contributed by atoms with van der Waals surface area (Å²) in [5.41, 5.74) is 0. The lowest BCUT2D eigenvalue weighted by Gasteiger charge is -2.24. The number of amides is 1. The van der Waals surface area contributed by atoms with Crippen molar-refractivity contribution in [3.8, 4) is 0 Å². The van der Waals surface area contributed by atoms with E-state index in [9.17, 15) is 4.79 Å². The molecule has 1 aliphatic carbocycles. The van der Waals surface area contributed by atoms with Gasteiger partial charge in [-0.1, -0.05) is 12.8 Å². The monoisotopic (exact) mass is 318 g/mol. The fraction of sp³-hybridized carbons (Fsp3) is 0.933. The molecule has 4 atom stereocenters. The Hall–Kier alpha value is 0.0700. The van der Waals surface area contributed by atoms with Gasteiger partial charge < -0.3 is 10.6 Å². The summed E-state index contributed by atoms with van der Waals surface area (Å²) in [6, 6.07) is 0.684. The smallest absolute Gasteiger partial charge is 0.237 e. The van der Waals surface area contributed by atoms with Crippen LogP contribution >= 0.6 is 24.2 Å². The number of hydrogen-bond donors (Lipinski definition) is 2. The molecule has 116 valence electrons. The molecule has 5 heteroatoms. The van der Waals surface area contributed by atoms with Crippen molar-refractivity contribution in [1.29, 1.82) is 0 Å². The van der Waals surface area contributed by atoms with E-state index in [0.29, 0.717) is 6.04 Å². The third kappa shape index (κ3) is 3.63. The van der Waals surface area contributed by atoms with Crippen molar-refractivity contribution in [1.82, 2.24) is 10.6 Å². The van der Waals surface area contributed by atoms with Crippen molar-refractivity contribution in [2.24, 2.45) is 5.92 Å². The summed E-state index contributed by atoms with van der Waals surface area (Å²) in [5, 5.41) is 6.76. The number of carbonyl (C=O) groups is 1. The van der Waals surface area contributed by atoms with Crippen LogP contribution in [0.25, 0.3) is 0 Å². The van der Waals surface area contributed by atoms with Gasteiger partial charge in [0.05, 0.1) is 6.04 Å². The summed E-state index contributed by atoms with van der Waals surface area (Å²) < 4.78 is 0.279. The standard InChI is InChI=1S/C15H26N2OS.ClH/c1-15(7-4-8-19-15)10-16-14(18)13-9-11-5-2-3-6-12(11)17-13;/h11-13,17H,2-10H2,1H3,(H,16,18);1H. The molecule has 0 aromatic carbocycles. The van der Waals surface area contributed by atoms with Gasteiger partial charge in [0.15, 0.2) is 0 Å². The molecule has 2 saturated heterocycles. The molecule has 1 amide bonds. The normalized spacial score (nSPS) is 40.0. The molecule has 0 bridgehead atoms. The zero-order chi connectivity index (χ0) is 13.3. The lowest BCUT2D eigenvalue weighted by atomic mass is 9.85. The Morgan fingerprint density at radius 3 is 2.85 bits per heavy atom. The van der Waals surface area contributed by atoms with Crippen LogP contribution in [-0.2, 0) is 4.79 Å². The summed E-state index contributed by atoms with van der Waals surface area (Å²) in [6.07, 6.45) is 8.85. The van der Waals surface area contributed by atoms with Gasteiger partial charge in [0.1, 0.15) is 0 Å². The van der Waals surface area contributed by atoms with Crippen LogP contribution < -0.4 is 10.6 Å². The van der Waals surface area contributed by atoms with Gasteiger partial charge in [0, 0.05) is 17.3 Å². The van der Waals surface area contributed by atoms with E-state index < -0.39 is 0 Å². The first kappa shape index (κ1) is 16.4. The van der Waals surface area contributed by atoms with Crippen molar-refractivity contribution in [3.63, 3.8) is 0 Å². The van der Waals surface area contributed by atoms with E-state index >= 15 is 0 Å². The van der Waals surface area contributed by atoms with Crippen LogP contribution in [0, 0.1) is 5.92 Å². The number of halogens is 1. The molecule has 1 saturated carbocycles. The maximum atomic E-state index is 12.3. The van der Waals surface area contributed by atoms with E-state index in [2.05, 4.69) is 17.6 Å². The number of nitrogens with one attached hydrogen (secondary N) is 2. The number of thioether (sulfide) groups is 1. The summed E-state index contributed by atoms with van der Waals surface area (Å²) >= 11 is 2.01. The predicted molar refractivity (Wildman–Crippen MR) is 87.6 cm³/mol. The van der Waals surface area contributed by atoms with Gasteiger partial charge in [-0.3, -0.25) is 4.79 Å². The SMILES string of the molecule is CC1(CNC(=O)C2CC3CCCCC3N2)CCCS1.Cl. The van der Waals surface area contributed by atoms with Crippen molar-refractivity contribution < 1.29 is 4.79 Å². The molecule has 0 radical (unpaired) electrons. The maximum Gasteiger partial charge on any atom is 0.237 e. The van der Waals surface area contributed by atoms with Crippen LogP contribution in [0.1, 0.15) is 51.9 Å². The quantitative estimate of drug-likeness (QED) is 0.840. The Morgan fingerprint density at radius 1 is 1.35 bits per heavy atom. The number of hydrogen-bond acceptors (Lipinski definition) is 3. The second-order valence-electron chi connectivity index (χ2n) is 6.73. The average Bonchev–Trinajstić information content (AvgIpc) is 3.02. The Bertz CT molecular complexity index is 333. The maximum absolute atomic E-state index is 12.3. The first-order valence-electron chi connectivity index (χ1n) is 7.84. The van der Waals surface area contributed by atoms with Crippen LogP contribution in [-0.4, -0.2) is 35.0 Å². The highest BCUT2D eigenvalue weighted by atomic mass is 35.5. The van der Waals surface area contributed by atoms with Gasteiger partial charge in [0.25, 0.3) is 0 Å². The van der Waals surface area contributed by atoms with Crippen LogP contribution in [0.5, 0.6) is 0 Å². The topological polar surface area (TPSA) is 41.1 Å². The Balaban J connectivity index is 0.00000147. The van der Waals surface area contributed by atoms with E-state index in [1.54, 1.807) is 0 Å². The van der Waals surface area contributed by atoms with E-state index in [1.807, 2.05) is 11.8 Å². The van der Waals surface area contributed by atoms with Crippen LogP contribution in [0.15, 0.2) is 0 Å². The molecule has 3 aliphatic rings. The Morgan fingerprint density at radius 2 is 2.15 bits per heavy atom.